The number of nitrogens with zero attached hydrogens (tertiary/aromatic N) is 1. The molecule has 0 unspecified atom stereocenters. The highest BCUT2D eigenvalue weighted by Gasteiger charge is 2.00. The van der Waals surface area contributed by atoms with Crippen LogP contribution in [0.25, 0.3) is 11.1 Å². The van der Waals surface area contributed by atoms with Gasteiger partial charge in [0.1, 0.15) is 5.75 Å². The monoisotopic (exact) mass is 397 g/mol. The molecular formula is C24H28ClNO2. The normalized spacial score (nSPS) is 10.4. The number of benzene rings is 2. The van der Waals surface area contributed by atoms with Crippen molar-refractivity contribution in [2.45, 2.75) is 57.8 Å². The average molecular weight is 398 g/mol. The fourth-order valence-electron chi connectivity index (χ4n) is 3.10. The summed E-state index contributed by atoms with van der Waals surface area (Å²) in [7, 11) is 0. The van der Waals surface area contributed by atoms with Gasteiger partial charge < -0.3 is 4.74 Å². The van der Waals surface area contributed by atoms with Gasteiger partial charge in [0.25, 0.3) is 0 Å². The van der Waals surface area contributed by atoms with Crippen LogP contribution in [0.2, 0.25) is 0 Å². The zero-order valence-corrected chi connectivity index (χ0v) is 17.1. The predicted molar refractivity (Wildman–Crippen MR) is 115 cm³/mol. The Morgan fingerprint density at radius 3 is 1.82 bits per heavy atom. The van der Waals surface area contributed by atoms with Crippen molar-refractivity contribution in [1.82, 2.24) is 0 Å². The molecule has 0 aromatic heterocycles. The van der Waals surface area contributed by atoms with Gasteiger partial charge in [-0.3, -0.25) is 4.79 Å². The van der Waals surface area contributed by atoms with Crippen molar-refractivity contribution >= 4 is 16.8 Å². The van der Waals surface area contributed by atoms with Crippen molar-refractivity contribution in [2.24, 2.45) is 0 Å². The smallest absolute Gasteiger partial charge is 0.221 e. The first-order chi connectivity index (χ1) is 13.7. The lowest BCUT2D eigenvalue weighted by atomic mass is 10.0. The van der Waals surface area contributed by atoms with Crippen LogP contribution in [0, 0.1) is 11.3 Å². The van der Waals surface area contributed by atoms with Crippen LogP contribution in [0.4, 0.5) is 0 Å². The van der Waals surface area contributed by atoms with E-state index in [-0.39, 0.29) is 5.24 Å². The molecule has 3 nitrogen and oxygen atoms in total. The molecule has 0 saturated carbocycles. The summed E-state index contributed by atoms with van der Waals surface area (Å²) in [4.78, 5) is 10.6. The number of halogens is 1. The van der Waals surface area contributed by atoms with Crippen molar-refractivity contribution in [2.75, 3.05) is 6.61 Å². The first kappa shape index (κ1) is 22.0. The Hall–Kier alpha value is -2.31. The van der Waals surface area contributed by atoms with Gasteiger partial charge in [0.15, 0.2) is 0 Å². The number of rotatable bonds is 13. The summed E-state index contributed by atoms with van der Waals surface area (Å²) in [6.45, 7) is 0.744. The lowest BCUT2D eigenvalue weighted by Crippen LogP contribution is -1.97. The highest BCUT2D eigenvalue weighted by molar-refractivity contribution is 6.63. The summed E-state index contributed by atoms with van der Waals surface area (Å²) in [6.07, 6.45) is 9.67. The third-order valence-electron chi connectivity index (χ3n) is 4.74. The maximum atomic E-state index is 10.6. The number of nitriles is 1. The molecule has 2 aromatic rings. The summed E-state index contributed by atoms with van der Waals surface area (Å²) in [5.41, 5.74) is 2.89. The van der Waals surface area contributed by atoms with Crippen molar-refractivity contribution in [3.63, 3.8) is 0 Å². The van der Waals surface area contributed by atoms with Crippen molar-refractivity contribution in [3.8, 4) is 22.9 Å². The fourth-order valence-corrected chi connectivity index (χ4v) is 3.23. The SMILES string of the molecule is N#Cc1ccc(-c2ccc(OCCCCCCCCCCC(=O)Cl)cc2)cc1. The molecule has 0 atom stereocenters. The lowest BCUT2D eigenvalue weighted by molar-refractivity contribution is -0.111. The number of ether oxygens (including phenoxy) is 1. The topological polar surface area (TPSA) is 50.1 Å². The molecule has 0 aliphatic rings. The van der Waals surface area contributed by atoms with E-state index in [4.69, 9.17) is 21.6 Å². The molecule has 0 bridgehead atoms. The summed E-state index contributed by atoms with van der Waals surface area (Å²) in [5, 5.41) is 8.65. The number of carbonyl (C=O) groups excluding carboxylic acids is 1. The van der Waals surface area contributed by atoms with Crippen LogP contribution in [0.15, 0.2) is 48.5 Å². The van der Waals surface area contributed by atoms with E-state index >= 15 is 0 Å². The molecule has 2 aromatic carbocycles. The minimum atomic E-state index is -0.219. The quantitative estimate of drug-likeness (QED) is 0.273. The predicted octanol–water partition coefficient (Wildman–Crippen LogP) is 6.88. The molecule has 0 aliphatic carbocycles. The summed E-state index contributed by atoms with van der Waals surface area (Å²) in [5.74, 6) is 0.895. The van der Waals surface area contributed by atoms with Gasteiger partial charge in [0, 0.05) is 6.42 Å². The molecular weight excluding hydrogens is 370 g/mol. The molecule has 2 rings (SSSR count). The summed E-state index contributed by atoms with van der Waals surface area (Å²) in [6, 6.07) is 17.8. The van der Waals surface area contributed by atoms with Crippen LogP contribution in [0.5, 0.6) is 5.75 Å². The van der Waals surface area contributed by atoms with E-state index in [2.05, 4.69) is 18.2 Å². The Bertz CT molecular complexity index is 748. The average Bonchev–Trinajstić information content (AvgIpc) is 2.72. The van der Waals surface area contributed by atoms with Gasteiger partial charge in [-0.1, -0.05) is 62.8 Å². The molecule has 0 aliphatic heterocycles. The lowest BCUT2D eigenvalue weighted by Gasteiger charge is -2.08. The van der Waals surface area contributed by atoms with Gasteiger partial charge in [-0.15, -0.1) is 0 Å². The van der Waals surface area contributed by atoms with Crippen molar-refractivity contribution in [1.29, 1.82) is 5.26 Å². The number of hydrogen-bond donors (Lipinski definition) is 0. The van der Waals surface area contributed by atoms with Gasteiger partial charge >= 0.3 is 0 Å². The Morgan fingerprint density at radius 1 is 0.786 bits per heavy atom. The van der Waals surface area contributed by atoms with Crippen LogP contribution < -0.4 is 4.74 Å². The standard InChI is InChI=1S/C24H28ClNO2/c25-24(27)9-7-5-3-1-2-4-6-8-18-28-23-16-14-22(15-17-23)21-12-10-20(19-26)11-13-21/h10-17H,1-9,18H2. The van der Waals surface area contributed by atoms with Crippen LogP contribution in [0.1, 0.15) is 63.4 Å². The molecule has 28 heavy (non-hydrogen) atoms. The molecule has 0 heterocycles. The van der Waals surface area contributed by atoms with E-state index in [9.17, 15) is 4.79 Å². The molecule has 0 saturated heterocycles. The van der Waals surface area contributed by atoms with Gasteiger partial charge in [-0.25, -0.2) is 0 Å². The third kappa shape index (κ3) is 8.59. The Morgan fingerprint density at radius 2 is 1.29 bits per heavy atom. The Kier molecular flexibility index (Phi) is 10.2. The second kappa shape index (κ2) is 13.0. The molecule has 4 heteroatoms. The first-order valence-corrected chi connectivity index (χ1v) is 10.5. The molecule has 0 spiro atoms. The largest absolute Gasteiger partial charge is 0.494 e. The van der Waals surface area contributed by atoms with Gasteiger partial charge in [0.2, 0.25) is 5.24 Å². The number of carbonyl (C=O) groups is 1. The molecule has 0 N–H and O–H groups in total. The van der Waals surface area contributed by atoms with Crippen LogP contribution in [-0.4, -0.2) is 11.8 Å². The number of unbranched alkanes of at least 4 members (excludes halogenated alkanes) is 7. The fraction of sp³-hybridized carbons (Fsp3) is 0.417. The Labute approximate surface area is 173 Å². The van der Waals surface area contributed by atoms with E-state index in [0.29, 0.717) is 12.0 Å². The second-order valence-corrected chi connectivity index (χ2v) is 7.42. The molecule has 0 radical (unpaired) electrons. The first-order valence-electron chi connectivity index (χ1n) is 10.1. The molecule has 0 fully saturated rings. The van der Waals surface area contributed by atoms with Crippen LogP contribution in [0.3, 0.4) is 0 Å². The third-order valence-corrected chi connectivity index (χ3v) is 4.93. The zero-order chi connectivity index (χ0) is 20.0. The van der Waals surface area contributed by atoms with E-state index in [1.807, 2.05) is 36.4 Å². The van der Waals surface area contributed by atoms with Gasteiger partial charge in [-0.05, 0) is 59.8 Å². The Balaban J connectivity index is 1.55. The molecule has 148 valence electrons. The summed E-state index contributed by atoms with van der Waals surface area (Å²) >= 11 is 5.32. The summed E-state index contributed by atoms with van der Waals surface area (Å²) < 4.78 is 5.83. The molecule has 0 amide bonds. The van der Waals surface area contributed by atoms with E-state index in [1.165, 1.54) is 32.1 Å². The van der Waals surface area contributed by atoms with Crippen LogP contribution >= 0.6 is 11.6 Å². The minimum Gasteiger partial charge on any atom is -0.494 e. The van der Waals surface area contributed by atoms with Crippen molar-refractivity contribution in [3.05, 3.63) is 54.1 Å². The number of hydrogen-bond acceptors (Lipinski definition) is 3. The van der Waals surface area contributed by atoms with E-state index < -0.39 is 0 Å². The van der Waals surface area contributed by atoms with E-state index in [1.54, 1.807) is 0 Å². The zero-order valence-electron chi connectivity index (χ0n) is 16.3. The van der Waals surface area contributed by atoms with Gasteiger partial charge in [-0.2, -0.15) is 5.26 Å². The van der Waals surface area contributed by atoms with Gasteiger partial charge in [0.05, 0.1) is 18.2 Å². The van der Waals surface area contributed by atoms with Crippen LogP contribution in [-0.2, 0) is 4.79 Å². The maximum Gasteiger partial charge on any atom is 0.221 e. The van der Waals surface area contributed by atoms with Crippen molar-refractivity contribution < 1.29 is 9.53 Å². The minimum absolute atomic E-state index is 0.219. The van der Waals surface area contributed by atoms with E-state index in [0.717, 1.165) is 42.7 Å². The second-order valence-electron chi connectivity index (χ2n) is 7.00. The maximum absolute atomic E-state index is 10.6. The highest BCUT2D eigenvalue weighted by atomic mass is 35.5. The highest BCUT2D eigenvalue weighted by Crippen LogP contribution is 2.23.